The number of esters is 1. The first-order valence-corrected chi connectivity index (χ1v) is 10.0. The fourth-order valence-electron chi connectivity index (χ4n) is 5.07. The molecule has 1 saturated heterocycles. The maximum atomic E-state index is 13.6. The van der Waals surface area contributed by atoms with Crippen LogP contribution in [0.25, 0.3) is 0 Å². The molecule has 29 heavy (non-hydrogen) atoms. The predicted octanol–water partition coefficient (Wildman–Crippen LogP) is 3.67. The Morgan fingerprint density at radius 3 is 2.10 bits per heavy atom. The van der Waals surface area contributed by atoms with Crippen molar-refractivity contribution in [1.82, 2.24) is 0 Å². The molecule has 2 aliphatic heterocycles. The highest BCUT2D eigenvalue weighted by Gasteiger charge is 2.63. The van der Waals surface area contributed by atoms with Gasteiger partial charge in [-0.05, 0) is 17.5 Å². The number of rotatable bonds is 1. The van der Waals surface area contributed by atoms with Crippen LogP contribution < -0.4 is 4.90 Å². The average molecular weight is 397 g/mol. The van der Waals surface area contributed by atoms with E-state index in [-0.39, 0.29) is 11.8 Å². The SMILES string of the molecule is C[C@H]1C2=C(C(=O)OC(C)(C)O2)[C@@H](C(C)(C)C)[C@H]2C(=O)N(c3ccccc3)C(=O)[C@H]21. The van der Waals surface area contributed by atoms with Crippen molar-refractivity contribution in [2.45, 2.75) is 47.3 Å². The Balaban J connectivity index is 1.89. The van der Waals surface area contributed by atoms with Gasteiger partial charge in [0.1, 0.15) is 5.76 Å². The average Bonchev–Trinajstić information content (AvgIpc) is 2.86. The van der Waals surface area contributed by atoms with Crippen molar-refractivity contribution in [2.75, 3.05) is 4.90 Å². The molecular formula is C23H27NO5. The molecule has 6 nitrogen and oxygen atoms in total. The van der Waals surface area contributed by atoms with Crippen LogP contribution in [0.2, 0.25) is 0 Å². The quantitative estimate of drug-likeness (QED) is 0.534. The molecule has 4 atom stereocenters. The highest BCUT2D eigenvalue weighted by Crippen LogP contribution is 2.56. The zero-order valence-corrected chi connectivity index (χ0v) is 17.7. The number of imide groups is 1. The molecule has 1 fully saturated rings. The zero-order valence-electron chi connectivity index (χ0n) is 17.7. The van der Waals surface area contributed by atoms with Crippen molar-refractivity contribution in [3.63, 3.8) is 0 Å². The highest BCUT2D eigenvalue weighted by atomic mass is 16.7. The largest absolute Gasteiger partial charge is 0.456 e. The van der Waals surface area contributed by atoms with Crippen molar-refractivity contribution >= 4 is 23.5 Å². The van der Waals surface area contributed by atoms with Gasteiger partial charge >= 0.3 is 5.97 Å². The fourth-order valence-corrected chi connectivity index (χ4v) is 5.07. The lowest BCUT2D eigenvalue weighted by atomic mass is 9.59. The summed E-state index contributed by atoms with van der Waals surface area (Å²) >= 11 is 0. The molecule has 2 amide bonds. The Hall–Kier alpha value is -2.63. The first-order valence-electron chi connectivity index (χ1n) is 10.0. The van der Waals surface area contributed by atoms with E-state index in [9.17, 15) is 14.4 Å². The van der Waals surface area contributed by atoms with Crippen LogP contribution in [0, 0.1) is 29.1 Å². The minimum Gasteiger partial charge on any atom is -0.456 e. The molecule has 0 saturated carbocycles. The van der Waals surface area contributed by atoms with Gasteiger partial charge in [-0.2, -0.15) is 0 Å². The molecule has 1 aromatic rings. The minimum atomic E-state index is -1.11. The molecule has 3 aliphatic rings. The number of hydrogen-bond acceptors (Lipinski definition) is 5. The first kappa shape index (κ1) is 19.7. The van der Waals surface area contributed by atoms with Gasteiger partial charge in [0.15, 0.2) is 0 Å². The van der Waals surface area contributed by atoms with Crippen LogP contribution in [0.4, 0.5) is 5.69 Å². The molecule has 6 heteroatoms. The van der Waals surface area contributed by atoms with E-state index in [1.807, 2.05) is 33.8 Å². The normalized spacial score (nSPS) is 31.2. The maximum Gasteiger partial charge on any atom is 0.341 e. The summed E-state index contributed by atoms with van der Waals surface area (Å²) in [6, 6.07) is 8.95. The smallest absolute Gasteiger partial charge is 0.341 e. The van der Waals surface area contributed by atoms with Crippen LogP contribution in [-0.4, -0.2) is 23.6 Å². The molecular weight excluding hydrogens is 370 g/mol. The van der Waals surface area contributed by atoms with Crippen molar-refractivity contribution < 1.29 is 23.9 Å². The lowest BCUT2D eigenvalue weighted by Crippen LogP contribution is -2.50. The van der Waals surface area contributed by atoms with Gasteiger partial charge in [0.2, 0.25) is 17.6 Å². The lowest BCUT2D eigenvalue weighted by Gasteiger charge is -2.47. The number of anilines is 1. The Morgan fingerprint density at radius 2 is 1.52 bits per heavy atom. The third-order valence-electron chi connectivity index (χ3n) is 6.15. The summed E-state index contributed by atoms with van der Waals surface area (Å²) in [4.78, 5) is 41.3. The monoisotopic (exact) mass is 397 g/mol. The molecule has 0 N–H and O–H groups in total. The summed E-state index contributed by atoms with van der Waals surface area (Å²) in [6.07, 6.45) is 0. The van der Waals surface area contributed by atoms with E-state index in [1.54, 1.807) is 38.1 Å². The molecule has 0 aromatic heterocycles. The van der Waals surface area contributed by atoms with Crippen molar-refractivity contribution in [2.24, 2.45) is 29.1 Å². The number of benzene rings is 1. The first-order chi connectivity index (χ1) is 13.4. The van der Waals surface area contributed by atoms with Crippen LogP contribution in [-0.2, 0) is 23.9 Å². The number of ether oxygens (including phenoxy) is 2. The minimum absolute atomic E-state index is 0.236. The lowest BCUT2D eigenvalue weighted by molar-refractivity contribution is -0.217. The van der Waals surface area contributed by atoms with E-state index in [2.05, 4.69) is 0 Å². The van der Waals surface area contributed by atoms with Crippen LogP contribution in [0.15, 0.2) is 41.7 Å². The Labute approximate surface area is 170 Å². The third kappa shape index (κ3) is 2.88. The van der Waals surface area contributed by atoms with Gasteiger partial charge in [-0.3, -0.25) is 14.5 Å². The number of carbonyl (C=O) groups excluding carboxylic acids is 3. The van der Waals surface area contributed by atoms with Gasteiger partial charge in [-0.1, -0.05) is 45.9 Å². The van der Waals surface area contributed by atoms with E-state index in [4.69, 9.17) is 9.47 Å². The van der Waals surface area contributed by atoms with E-state index >= 15 is 0 Å². The fraction of sp³-hybridized carbons (Fsp3) is 0.522. The molecule has 0 unspecified atom stereocenters. The van der Waals surface area contributed by atoms with Gasteiger partial charge in [0.25, 0.3) is 0 Å². The van der Waals surface area contributed by atoms with Gasteiger partial charge in [0.05, 0.1) is 23.1 Å². The molecule has 0 radical (unpaired) electrons. The van der Waals surface area contributed by atoms with Gasteiger partial charge < -0.3 is 9.47 Å². The second-order valence-electron chi connectivity index (χ2n) is 9.70. The van der Waals surface area contributed by atoms with E-state index in [0.29, 0.717) is 17.0 Å². The van der Waals surface area contributed by atoms with Crippen LogP contribution >= 0.6 is 0 Å². The van der Waals surface area contributed by atoms with Crippen LogP contribution in [0.5, 0.6) is 0 Å². The number of nitrogens with zero attached hydrogens (tertiary/aromatic N) is 1. The summed E-state index contributed by atoms with van der Waals surface area (Å²) in [5, 5.41) is 0. The summed E-state index contributed by atoms with van der Waals surface area (Å²) in [5.41, 5.74) is 0.510. The van der Waals surface area contributed by atoms with E-state index < -0.39 is 40.8 Å². The number of cyclic esters (lactones) is 1. The van der Waals surface area contributed by atoms with Crippen LogP contribution in [0.1, 0.15) is 41.5 Å². The van der Waals surface area contributed by atoms with Gasteiger partial charge in [-0.25, -0.2) is 4.79 Å². The zero-order chi connectivity index (χ0) is 21.3. The second kappa shape index (κ2) is 6.18. The van der Waals surface area contributed by atoms with E-state index in [0.717, 1.165) is 0 Å². The molecule has 2 heterocycles. The van der Waals surface area contributed by atoms with Gasteiger partial charge in [-0.15, -0.1) is 0 Å². The number of allylic oxidation sites excluding steroid dienone is 1. The number of para-hydroxylation sites is 1. The molecule has 1 aliphatic carbocycles. The van der Waals surface area contributed by atoms with Crippen LogP contribution in [0.3, 0.4) is 0 Å². The highest BCUT2D eigenvalue weighted by molar-refractivity contribution is 6.23. The standard InChI is InChI=1S/C23H27NO5/c1-12-14-15(20(26)24(19(14)25)13-10-8-7-9-11-13)17(22(2,3)4)16-18(12)28-23(5,6)29-21(16)27/h7-12,14-15,17H,1-6H3/t12-,14+,15+,17+/m1/s1. The van der Waals surface area contributed by atoms with E-state index in [1.165, 1.54) is 4.90 Å². The summed E-state index contributed by atoms with van der Waals surface area (Å²) in [6.45, 7) is 11.1. The van der Waals surface area contributed by atoms with Crippen molar-refractivity contribution in [1.29, 1.82) is 0 Å². The molecule has 4 rings (SSSR count). The molecule has 1 aromatic carbocycles. The number of amides is 2. The topological polar surface area (TPSA) is 72.9 Å². The maximum absolute atomic E-state index is 13.6. The molecule has 0 spiro atoms. The Bertz CT molecular complexity index is 924. The Morgan fingerprint density at radius 1 is 0.931 bits per heavy atom. The molecule has 154 valence electrons. The summed E-state index contributed by atoms with van der Waals surface area (Å²) in [7, 11) is 0. The number of fused-ring (bicyclic) bond motifs is 1. The van der Waals surface area contributed by atoms with Crippen molar-refractivity contribution in [3.8, 4) is 0 Å². The van der Waals surface area contributed by atoms with Gasteiger partial charge in [0, 0.05) is 25.7 Å². The third-order valence-corrected chi connectivity index (χ3v) is 6.15. The van der Waals surface area contributed by atoms with Crippen molar-refractivity contribution in [3.05, 3.63) is 41.7 Å². The summed E-state index contributed by atoms with van der Waals surface area (Å²) in [5.74, 6) is -3.66. The Kier molecular flexibility index (Phi) is 4.19. The summed E-state index contributed by atoms with van der Waals surface area (Å²) < 4.78 is 11.6. The number of carbonyl (C=O) groups is 3. The predicted molar refractivity (Wildman–Crippen MR) is 106 cm³/mol. The second-order valence-corrected chi connectivity index (χ2v) is 9.70. The number of hydrogen-bond donors (Lipinski definition) is 0. The molecule has 0 bridgehead atoms.